The lowest BCUT2D eigenvalue weighted by Gasteiger charge is -2.51. The Labute approximate surface area is 155 Å². The zero-order valence-corrected chi connectivity index (χ0v) is 15.7. The van der Waals surface area contributed by atoms with Gasteiger partial charge in [-0.2, -0.15) is 0 Å². The summed E-state index contributed by atoms with van der Waals surface area (Å²) in [6.07, 6.45) is 0.487. The van der Waals surface area contributed by atoms with Gasteiger partial charge in [-0.25, -0.2) is 0 Å². The molecule has 1 N–H and O–H groups in total. The molecule has 25 heavy (non-hydrogen) atoms. The lowest BCUT2D eigenvalue weighted by atomic mass is 9.78. The maximum absolute atomic E-state index is 12.9. The van der Waals surface area contributed by atoms with E-state index in [2.05, 4.69) is 22.0 Å². The standard InChI is InChI=1S/C20H21BrNO3/c1-25-15-6-7-18-17(10-15)16-8-9-22(18,12-20(16)24)11-19(23)13-2-4-14(21)5-3-13/h2-7,10,16,20,24H,8-9,11-12H2,1H3/q+1/t16-,20-,22?/m0/s1. The van der Waals surface area contributed by atoms with Gasteiger partial charge in [0.25, 0.3) is 0 Å². The molecule has 2 bridgehead atoms. The van der Waals surface area contributed by atoms with Crippen molar-refractivity contribution in [1.82, 2.24) is 4.48 Å². The number of halogens is 1. The highest BCUT2D eigenvalue weighted by atomic mass is 79.9. The number of nitrogens with zero attached hydrogens (tertiary/aromatic N) is 1. The third kappa shape index (κ3) is 2.80. The quantitative estimate of drug-likeness (QED) is 0.628. The second kappa shape index (κ2) is 6.24. The molecular weight excluding hydrogens is 382 g/mol. The van der Waals surface area contributed by atoms with Crippen molar-refractivity contribution in [1.29, 1.82) is 0 Å². The molecular formula is C20H21BrNO3+. The fraction of sp³-hybridized carbons (Fsp3) is 0.350. The molecule has 0 aromatic heterocycles. The second-order valence-electron chi connectivity index (χ2n) is 7.03. The van der Waals surface area contributed by atoms with Crippen LogP contribution in [0.1, 0.15) is 28.3 Å². The molecule has 130 valence electrons. The molecule has 1 unspecified atom stereocenters. The number of piperidine rings is 1. The summed E-state index contributed by atoms with van der Waals surface area (Å²) in [4.78, 5) is 12.9. The van der Waals surface area contributed by atoms with E-state index in [1.54, 1.807) is 7.11 Å². The highest BCUT2D eigenvalue weighted by Crippen LogP contribution is 2.48. The molecule has 0 aliphatic carbocycles. The maximum atomic E-state index is 12.9. The zero-order valence-electron chi connectivity index (χ0n) is 14.1. The molecule has 4 nitrogen and oxygen atoms in total. The van der Waals surface area contributed by atoms with E-state index in [-0.39, 0.29) is 11.7 Å². The number of carbonyl (C=O) groups is 1. The summed E-state index contributed by atoms with van der Waals surface area (Å²) in [6, 6.07) is 13.5. The highest BCUT2D eigenvalue weighted by Gasteiger charge is 2.50. The van der Waals surface area contributed by atoms with E-state index in [0.29, 0.717) is 23.1 Å². The van der Waals surface area contributed by atoms with Crippen LogP contribution in [0.5, 0.6) is 5.75 Å². The molecule has 3 heterocycles. The molecule has 0 spiro atoms. The number of carbonyl (C=O) groups excluding carboxylic acids is 1. The van der Waals surface area contributed by atoms with Gasteiger partial charge in [0.2, 0.25) is 5.78 Å². The molecule has 0 radical (unpaired) electrons. The zero-order chi connectivity index (χ0) is 17.6. The molecule has 5 heteroatoms. The predicted molar refractivity (Wildman–Crippen MR) is 101 cm³/mol. The number of rotatable bonds is 4. The third-order valence-electron chi connectivity index (χ3n) is 5.63. The molecule has 3 aliphatic rings. The minimum atomic E-state index is -0.411. The number of aliphatic hydroxyl groups excluding tert-OH is 1. The topological polar surface area (TPSA) is 46.5 Å². The Morgan fingerprint density at radius 3 is 2.72 bits per heavy atom. The lowest BCUT2D eigenvalue weighted by molar-refractivity contribution is 0.0371. The molecule has 1 saturated heterocycles. The first kappa shape index (κ1) is 16.8. The molecule has 3 aliphatic heterocycles. The molecule has 0 saturated carbocycles. The number of hydrogen-bond acceptors (Lipinski definition) is 3. The van der Waals surface area contributed by atoms with Crippen molar-refractivity contribution < 1.29 is 14.6 Å². The van der Waals surface area contributed by atoms with E-state index in [4.69, 9.17) is 4.74 Å². The van der Waals surface area contributed by atoms with Gasteiger partial charge < -0.3 is 9.84 Å². The van der Waals surface area contributed by atoms with E-state index < -0.39 is 6.10 Å². The van der Waals surface area contributed by atoms with Crippen LogP contribution in [0.3, 0.4) is 0 Å². The van der Waals surface area contributed by atoms with E-state index in [1.807, 2.05) is 36.4 Å². The van der Waals surface area contributed by atoms with Crippen molar-refractivity contribution in [2.75, 3.05) is 26.7 Å². The first-order chi connectivity index (χ1) is 12.0. The molecule has 2 aromatic carbocycles. The van der Waals surface area contributed by atoms with Crippen LogP contribution >= 0.6 is 15.9 Å². The fourth-order valence-electron chi connectivity index (χ4n) is 4.36. The summed E-state index contributed by atoms with van der Waals surface area (Å²) in [5, 5.41) is 10.6. The normalized spacial score (nSPS) is 27.0. The van der Waals surface area contributed by atoms with Gasteiger partial charge in [-0.3, -0.25) is 9.28 Å². The number of benzene rings is 2. The average Bonchev–Trinajstić information content (AvgIpc) is 2.62. The first-order valence-electron chi connectivity index (χ1n) is 8.54. The van der Waals surface area contributed by atoms with E-state index in [0.717, 1.165) is 34.4 Å². The number of aliphatic hydroxyl groups is 1. The van der Waals surface area contributed by atoms with Crippen LogP contribution < -0.4 is 9.22 Å². The third-order valence-corrected chi connectivity index (χ3v) is 6.16. The van der Waals surface area contributed by atoms with Crippen LogP contribution in [0.25, 0.3) is 0 Å². The van der Waals surface area contributed by atoms with Crippen LogP contribution in [-0.4, -0.2) is 43.7 Å². The van der Waals surface area contributed by atoms with Gasteiger partial charge >= 0.3 is 0 Å². The van der Waals surface area contributed by atoms with Crippen molar-refractivity contribution in [2.24, 2.45) is 0 Å². The van der Waals surface area contributed by atoms with Gasteiger partial charge in [-0.15, -0.1) is 0 Å². The summed E-state index contributed by atoms with van der Waals surface area (Å²) in [5.74, 6) is 1.06. The van der Waals surface area contributed by atoms with Crippen molar-refractivity contribution in [3.63, 3.8) is 0 Å². The molecule has 2 aromatic rings. The highest BCUT2D eigenvalue weighted by molar-refractivity contribution is 9.10. The summed E-state index contributed by atoms with van der Waals surface area (Å²) < 4.78 is 6.85. The van der Waals surface area contributed by atoms with Crippen molar-refractivity contribution in [3.8, 4) is 5.75 Å². The van der Waals surface area contributed by atoms with Crippen molar-refractivity contribution in [2.45, 2.75) is 18.4 Å². The second-order valence-corrected chi connectivity index (χ2v) is 7.94. The number of ether oxygens (including phenoxy) is 1. The van der Waals surface area contributed by atoms with E-state index in [9.17, 15) is 9.90 Å². The fourth-order valence-corrected chi connectivity index (χ4v) is 4.62. The van der Waals surface area contributed by atoms with Gasteiger partial charge in [0.1, 0.15) is 30.6 Å². The van der Waals surface area contributed by atoms with Gasteiger partial charge in [-0.1, -0.05) is 28.1 Å². The minimum Gasteiger partial charge on any atom is -0.497 e. The number of ketones is 1. The monoisotopic (exact) mass is 402 g/mol. The number of quaternary nitrogens is 1. The number of methoxy groups -OCH3 is 1. The van der Waals surface area contributed by atoms with Gasteiger partial charge in [-0.05, 0) is 24.3 Å². The first-order valence-corrected chi connectivity index (χ1v) is 9.33. The summed E-state index contributed by atoms with van der Waals surface area (Å²) >= 11 is 3.41. The Balaban J connectivity index is 1.71. The summed E-state index contributed by atoms with van der Waals surface area (Å²) in [6.45, 7) is 1.88. The van der Waals surface area contributed by atoms with Crippen molar-refractivity contribution >= 4 is 27.4 Å². The lowest BCUT2D eigenvalue weighted by Crippen LogP contribution is -2.64. The van der Waals surface area contributed by atoms with Gasteiger partial charge in [0, 0.05) is 34.0 Å². The van der Waals surface area contributed by atoms with Gasteiger partial charge in [0.15, 0.2) is 0 Å². The Kier molecular flexibility index (Phi) is 4.18. The largest absolute Gasteiger partial charge is 0.497 e. The van der Waals surface area contributed by atoms with Crippen LogP contribution in [0.4, 0.5) is 5.69 Å². The number of fused-ring (bicyclic) bond motifs is 2. The Hall–Kier alpha value is -1.69. The molecule has 3 atom stereocenters. The van der Waals surface area contributed by atoms with Crippen LogP contribution in [0.15, 0.2) is 46.9 Å². The molecule has 0 amide bonds. The maximum Gasteiger partial charge on any atom is 0.217 e. The number of Topliss-reactive ketones (excluding diaryl/α,β-unsaturated/α-hetero) is 1. The summed E-state index contributed by atoms with van der Waals surface area (Å²) in [7, 11) is 1.65. The Morgan fingerprint density at radius 1 is 1.28 bits per heavy atom. The molecule has 1 fully saturated rings. The minimum absolute atomic E-state index is 0.113. The summed E-state index contributed by atoms with van der Waals surface area (Å²) in [5.41, 5.74) is 3.01. The predicted octanol–water partition coefficient (Wildman–Crippen LogP) is 3.51. The van der Waals surface area contributed by atoms with Crippen LogP contribution in [-0.2, 0) is 0 Å². The van der Waals surface area contributed by atoms with Crippen LogP contribution in [0.2, 0.25) is 0 Å². The number of hydrogen-bond donors (Lipinski definition) is 1. The van der Waals surface area contributed by atoms with Gasteiger partial charge in [0.05, 0.1) is 13.7 Å². The molecule has 5 rings (SSSR count). The Morgan fingerprint density at radius 2 is 2.04 bits per heavy atom. The SMILES string of the molecule is COc1ccc2c(c1)[C@@H]1CC[N+]2(CC(=O)c2ccc(Br)cc2)C[C@@H]1O. The average molecular weight is 403 g/mol. The Bertz CT molecular complexity index is 820. The van der Waals surface area contributed by atoms with Crippen molar-refractivity contribution in [3.05, 3.63) is 58.1 Å². The smallest absolute Gasteiger partial charge is 0.217 e. The van der Waals surface area contributed by atoms with Crippen LogP contribution in [0, 0.1) is 0 Å². The van der Waals surface area contributed by atoms with E-state index in [1.165, 1.54) is 0 Å². The van der Waals surface area contributed by atoms with E-state index >= 15 is 0 Å².